The summed E-state index contributed by atoms with van der Waals surface area (Å²) >= 11 is 18.5. The normalized spacial score (nSPS) is 11.8. The molecule has 0 heterocycles. The number of sulfonamides is 1. The Bertz CT molecular complexity index is 1720. The van der Waals surface area contributed by atoms with Gasteiger partial charge in [0.05, 0.1) is 28.4 Å². The minimum Gasteiger partial charge on any atom is -0.464 e. The number of rotatable bonds is 13. The summed E-state index contributed by atoms with van der Waals surface area (Å²) in [6.07, 6.45) is 1.57. The van der Waals surface area contributed by atoms with E-state index in [9.17, 15) is 13.2 Å². The third-order valence-electron chi connectivity index (χ3n) is 6.84. The fraction of sp³-hybridized carbons (Fsp3) is 0.229. The number of esters is 1. The van der Waals surface area contributed by atoms with Crippen LogP contribution in [0, 0.1) is 11.8 Å². The van der Waals surface area contributed by atoms with Crippen molar-refractivity contribution in [3.05, 3.63) is 134 Å². The van der Waals surface area contributed by atoms with Crippen LogP contribution in [0.1, 0.15) is 59.7 Å². The highest BCUT2D eigenvalue weighted by atomic mass is 35.5. The van der Waals surface area contributed by atoms with E-state index in [1.54, 1.807) is 12.1 Å². The highest BCUT2D eigenvalue weighted by Gasteiger charge is 2.36. The summed E-state index contributed by atoms with van der Waals surface area (Å²) in [6.45, 7) is 2.02. The molecule has 0 saturated carbocycles. The maximum Gasteiger partial charge on any atom is 0.330 e. The number of nitrogens with one attached hydrogen (secondary N) is 2. The van der Waals surface area contributed by atoms with E-state index in [0.29, 0.717) is 17.0 Å². The molecular formula is C35H33Cl3N2O4S. The number of benzene rings is 4. The number of anilines is 1. The molecule has 2 N–H and O–H groups in total. The lowest BCUT2D eigenvalue weighted by molar-refractivity contribution is -0.143. The molecule has 4 aromatic rings. The average Bonchev–Trinajstić information content (AvgIpc) is 3.03. The zero-order chi connectivity index (χ0) is 32.2. The summed E-state index contributed by atoms with van der Waals surface area (Å²) in [4.78, 5) is 12.9. The summed E-state index contributed by atoms with van der Waals surface area (Å²) in [5, 5.41) is 2.88. The van der Waals surface area contributed by atoms with E-state index in [1.165, 1.54) is 18.2 Å². The minimum absolute atomic E-state index is 0.0324. The summed E-state index contributed by atoms with van der Waals surface area (Å²) < 4.78 is 34.5. The third-order valence-corrected chi connectivity index (χ3v) is 9.50. The first-order valence-corrected chi connectivity index (χ1v) is 17.1. The maximum atomic E-state index is 13.4. The van der Waals surface area contributed by atoms with Crippen LogP contribution in [0.5, 0.6) is 0 Å². The lowest BCUT2D eigenvalue weighted by atomic mass is 9.98. The largest absolute Gasteiger partial charge is 0.464 e. The molecular weight excluding hydrogens is 651 g/mol. The Morgan fingerprint density at radius 2 is 1.51 bits per heavy atom. The predicted octanol–water partition coefficient (Wildman–Crippen LogP) is 8.59. The fourth-order valence-electron chi connectivity index (χ4n) is 4.56. The molecule has 0 aliphatic rings. The third kappa shape index (κ3) is 9.74. The Kier molecular flexibility index (Phi) is 12.8. The van der Waals surface area contributed by atoms with Crippen LogP contribution in [-0.4, -0.2) is 27.5 Å². The van der Waals surface area contributed by atoms with Crippen molar-refractivity contribution in [3.63, 3.8) is 0 Å². The van der Waals surface area contributed by atoms with Crippen molar-refractivity contribution in [2.75, 3.05) is 18.5 Å². The van der Waals surface area contributed by atoms with Crippen molar-refractivity contribution in [1.82, 2.24) is 4.72 Å². The lowest BCUT2D eigenvalue weighted by Gasteiger charge is -2.22. The van der Waals surface area contributed by atoms with Gasteiger partial charge in [0.25, 0.3) is 0 Å². The second kappa shape index (κ2) is 16.7. The number of unbranched alkanes of at least 4 members (excludes halogenated alkanes) is 1. The van der Waals surface area contributed by atoms with Crippen molar-refractivity contribution in [3.8, 4) is 11.8 Å². The van der Waals surface area contributed by atoms with Crippen molar-refractivity contribution in [2.45, 2.75) is 37.5 Å². The highest BCUT2D eigenvalue weighted by Crippen LogP contribution is 2.31. The molecule has 0 fully saturated rings. The average molecular weight is 684 g/mol. The van der Waals surface area contributed by atoms with Crippen LogP contribution in [0.25, 0.3) is 0 Å². The zero-order valence-corrected chi connectivity index (χ0v) is 27.7. The molecule has 0 aromatic heterocycles. The van der Waals surface area contributed by atoms with Gasteiger partial charge in [-0.05, 0) is 53.4 Å². The predicted molar refractivity (Wildman–Crippen MR) is 183 cm³/mol. The number of halogens is 3. The first-order valence-electron chi connectivity index (χ1n) is 14.4. The van der Waals surface area contributed by atoms with Crippen LogP contribution in [0.2, 0.25) is 15.1 Å². The van der Waals surface area contributed by atoms with E-state index in [-0.39, 0.29) is 41.2 Å². The van der Waals surface area contributed by atoms with E-state index in [4.69, 9.17) is 39.5 Å². The van der Waals surface area contributed by atoms with Crippen LogP contribution >= 0.6 is 34.8 Å². The second-order valence-electron chi connectivity index (χ2n) is 10.2. The minimum atomic E-state index is -4.21. The maximum absolute atomic E-state index is 13.4. The van der Waals surface area contributed by atoms with E-state index < -0.39 is 21.2 Å². The van der Waals surface area contributed by atoms with Crippen LogP contribution in [0.15, 0.2) is 97.1 Å². The van der Waals surface area contributed by atoms with E-state index >= 15 is 0 Å². The molecule has 0 saturated heterocycles. The highest BCUT2D eigenvalue weighted by molar-refractivity contribution is 7.90. The first kappa shape index (κ1) is 34.4. The molecule has 0 spiro atoms. The Hall–Kier alpha value is -3.51. The summed E-state index contributed by atoms with van der Waals surface area (Å²) in [6, 6.07) is 29.7. The van der Waals surface area contributed by atoms with E-state index in [2.05, 4.69) is 46.1 Å². The quantitative estimate of drug-likeness (QED) is 0.0838. The topological polar surface area (TPSA) is 84.5 Å². The van der Waals surface area contributed by atoms with Crippen molar-refractivity contribution >= 4 is 56.5 Å². The molecule has 0 radical (unpaired) electrons. The molecule has 45 heavy (non-hydrogen) atoms. The molecule has 234 valence electrons. The molecule has 10 heteroatoms. The second-order valence-corrected chi connectivity index (χ2v) is 13.3. The molecule has 4 rings (SSSR count). The lowest BCUT2D eigenvalue weighted by Crippen LogP contribution is -2.35. The molecule has 0 aliphatic heterocycles. The molecule has 0 amide bonds. The molecule has 0 bridgehead atoms. The Morgan fingerprint density at radius 1 is 0.844 bits per heavy atom. The molecule has 1 atom stereocenters. The van der Waals surface area contributed by atoms with Gasteiger partial charge in [-0.3, -0.25) is 4.79 Å². The summed E-state index contributed by atoms with van der Waals surface area (Å²) in [7, 11) is -4.21. The van der Waals surface area contributed by atoms with Gasteiger partial charge in [-0.25, -0.2) is 13.1 Å². The van der Waals surface area contributed by atoms with Gasteiger partial charge in [0, 0.05) is 23.6 Å². The van der Waals surface area contributed by atoms with Gasteiger partial charge >= 0.3 is 5.97 Å². The van der Waals surface area contributed by atoms with E-state index in [1.807, 2.05) is 49.4 Å². The summed E-state index contributed by atoms with van der Waals surface area (Å²) in [5.74, 6) is 5.27. The molecule has 4 aromatic carbocycles. The Balaban J connectivity index is 1.50. The summed E-state index contributed by atoms with van der Waals surface area (Å²) in [5.41, 5.74) is 3.76. The van der Waals surface area contributed by atoms with Gasteiger partial charge in [0.1, 0.15) is 0 Å². The van der Waals surface area contributed by atoms with Crippen LogP contribution in [0.4, 0.5) is 5.69 Å². The number of carbonyl (C=O) groups excluding carboxylic acids is 1. The van der Waals surface area contributed by atoms with Crippen molar-refractivity contribution < 1.29 is 17.9 Å². The molecule has 1 unspecified atom stereocenters. The van der Waals surface area contributed by atoms with Gasteiger partial charge in [-0.15, -0.1) is 0 Å². The van der Waals surface area contributed by atoms with Gasteiger partial charge in [-0.1, -0.05) is 127 Å². The van der Waals surface area contributed by atoms with Crippen molar-refractivity contribution in [1.29, 1.82) is 0 Å². The Labute approximate surface area is 280 Å². The standard InChI is InChI=1S/C35H33Cl3N2O4S/c1-2-3-22-44-35(41)34(28-17-19-30(37)31(38)24-28)45(42,43)39-21-11-10-16-27-23-29(36)18-20-32(27)40-33(25-12-6-4-7-13-25)26-14-8-5-9-15-26/h4-9,12-15,17-20,23-24,33-34,39-40H,2-3,11,21-22H2,1H3. The first-order chi connectivity index (χ1) is 21.7. The number of hydrogen-bond acceptors (Lipinski definition) is 5. The Morgan fingerprint density at radius 3 is 2.13 bits per heavy atom. The molecule has 0 aliphatic carbocycles. The van der Waals surface area contributed by atoms with Crippen LogP contribution in [0.3, 0.4) is 0 Å². The number of hydrogen-bond donors (Lipinski definition) is 2. The van der Waals surface area contributed by atoms with Crippen LogP contribution < -0.4 is 10.0 Å². The molecule has 6 nitrogen and oxygen atoms in total. The van der Waals surface area contributed by atoms with Crippen LogP contribution in [-0.2, 0) is 19.6 Å². The van der Waals surface area contributed by atoms with Gasteiger partial charge < -0.3 is 10.1 Å². The van der Waals surface area contributed by atoms with Gasteiger partial charge in [0.2, 0.25) is 10.0 Å². The van der Waals surface area contributed by atoms with Gasteiger partial charge in [-0.2, -0.15) is 0 Å². The monoisotopic (exact) mass is 682 g/mol. The smallest absolute Gasteiger partial charge is 0.330 e. The SMILES string of the molecule is CCCCOC(=O)C(c1ccc(Cl)c(Cl)c1)S(=O)(=O)NCCC#Cc1cc(Cl)ccc1NC(c1ccccc1)c1ccccc1. The fourth-order valence-corrected chi connectivity index (χ4v) is 6.42. The number of ether oxygens (including phenoxy) is 1. The van der Waals surface area contributed by atoms with Crippen molar-refractivity contribution in [2.24, 2.45) is 0 Å². The van der Waals surface area contributed by atoms with Gasteiger partial charge in [0.15, 0.2) is 5.25 Å². The zero-order valence-electron chi connectivity index (χ0n) is 24.6. The number of carbonyl (C=O) groups is 1. The van der Waals surface area contributed by atoms with E-state index in [0.717, 1.165) is 23.2 Å².